The normalized spacial score (nSPS) is 23.2. The summed E-state index contributed by atoms with van der Waals surface area (Å²) in [6.07, 6.45) is 0. The molecule has 0 aliphatic carbocycles. The molecule has 2 aliphatic rings. The van der Waals surface area contributed by atoms with Crippen LogP contribution in [-0.2, 0) is 14.8 Å². The standard InChI is InChI=1S/C15H20N2O3S3/c1-12-3-2-4-13(9-12)23(19,20)17-11-22-10-14(17)15(18)16-5-7-21-8-6-16/h2-4,9,14H,5-8,10-11H2,1H3. The maximum atomic E-state index is 12.9. The minimum absolute atomic E-state index is 0.0495. The molecule has 2 saturated heterocycles. The Morgan fingerprint density at radius 3 is 2.65 bits per heavy atom. The van der Waals surface area contributed by atoms with E-state index >= 15 is 0 Å². The van der Waals surface area contributed by atoms with Gasteiger partial charge in [0.15, 0.2) is 0 Å². The molecule has 0 spiro atoms. The van der Waals surface area contributed by atoms with Gasteiger partial charge in [-0.15, -0.1) is 11.8 Å². The third-order valence-corrected chi connectivity index (χ3v) is 8.01. The lowest BCUT2D eigenvalue weighted by Gasteiger charge is -2.31. The van der Waals surface area contributed by atoms with Crippen molar-refractivity contribution in [2.24, 2.45) is 0 Å². The van der Waals surface area contributed by atoms with Gasteiger partial charge in [-0.2, -0.15) is 16.1 Å². The van der Waals surface area contributed by atoms with Gasteiger partial charge in [-0.3, -0.25) is 4.79 Å². The van der Waals surface area contributed by atoms with E-state index < -0.39 is 16.1 Å². The van der Waals surface area contributed by atoms with E-state index in [4.69, 9.17) is 0 Å². The van der Waals surface area contributed by atoms with Gasteiger partial charge in [0.2, 0.25) is 15.9 Å². The molecule has 0 radical (unpaired) electrons. The lowest BCUT2D eigenvalue weighted by molar-refractivity contribution is -0.133. The number of carbonyl (C=O) groups is 1. The highest BCUT2D eigenvalue weighted by molar-refractivity contribution is 8.00. The maximum Gasteiger partial charge on any atom is 0.244 e. The quantitative estimate of drug-likeness (QED) is 0.807. The van der Waals surface area contributed by atoms with E-state index in [9.17, 15) is 13.2 Å². The first-order valence-corrected chi connectivity index (χ1v) is 11.3. The molecule has 8 heteroatoms. The lowest BCUT2D eigenvalue weighted by Crippen LogP contribution is -2.51. The predicted molar refractivity (Wildman–Crippen MR) is 95.2 cm³/mol. The van der Waals surface area contributed by atoms with Gasteiger partial charge in [0, 0.05) is 30.3 Å². The number of rotatable bonds is 3. The molecule has 1 amide bonds. The number of aryl methyl sites for hydroxylation is 1. The highest BCUT2D eigenvalue weighted by Crippen LogP contribution is 2.30. The molecular weight excluding hydrogens is 352 g/mol. The maximum absolute atomic E-state index is 12.9. The summed E-state index contributed by atoms with van der Waals surface area (Å²) in [4.78, 5) is 14.8. The van der Waals surface area contributed by atoms with E-state index in [0.717, 1.165) is 17.1 Å². The third-order valence-electron chi connectivity index (χ3n) is 4.05. The molecule has 0 bridgehead atoms. The van der Waals surface area contributed by atoms with Crippen LogP contribution in [0.25, 0.3) is 0 Å². The highest BCUT2D eigenvalue weighted by Gasteiger charge is 2.41. The molecule has 1 atom stereocenters. The van der Waals surface area contributed by atoms with Gasteiger partial charge in [0.1, 0.15) is 6.04 Å². The Balaban J connectivity index is 1.84. The SMILES string of the molecule is Cc1cccc(S(=O)(=O)N2CSCC2C(=O)N2CCSCC2)c1. The first-order valence-electron chi connectivity index (χ1n) is 7.53. The van der Waals surface area contributed by atoms with Gasteiger partial charge in [-0.1, -0.05) is 12.1 Å². The topological polar surface area (TPSA) is 57.7 Å². The molecule has 0 N–H and O–H groups in total. The van der Waals surface area contributed by atoms with Gasteiger partial charge >= 0.3 is 0 Å². The van der Waals surface area contributed by atoms with E-state index in [1.165, 1.54) is 16.1 Å². The van der Waals surface area contributed by atoms with Crippen LogP contribution in [0.15, 0.2) is 29.2 Å². The van der Waals surface area contributed by atoms with E-state index in [0.29, 0.717) is 24.7 Å². The molecule has 23 heavy (non-hydrogen) atoms. The molecule has 3 rings (SSSR count). The summed E-state index contributed by atoms with van der Waals surface area (Å²) in [5.41, 5.74) is 0.897. The fourth-order valence-corrected chi connectivity index (χ4v) is 6.91. The second-order valence-electron chi connectivity index (χ2n) is 5.66. The molecule has 2 fully saturated rings. The number of thioether (sulfide) groups is 2. The summed E-state index contributed by atoms with van der Waals surface area (Å²) < 4.78 is 27.2. The molecule has 5 nitrogen and oxygen atoms in total. The number of carbonyl (C=O) groups excluding carboxylic acids is 1. The Morgan fingerprint density at radius 1 is 1.22 bits per heavy atom. The van der Waals surface area contributed by atoms with Crippen molar-refractivity contribution in [2.45, 2.75) is 17.9 Å². The van der Waals surface area contributed by atoms with Crippen LogP contribution in [0.5, 0.6) is 0 Å². The Hall–Kier alpha value is -0.700. The number of nitrogens with zero attached hydrogens (tertiary/aromatic N) is 2. The molecule has 1 aromatic rings. The van der Waals surface area contributed by atoms with Crippen molar-refractivity contribution in [3.05, 3.63) is 29.8 Å². The number of sulfonamides is 1. The van der Waals surface area contributed by atoms with Crippen molar-refractivity contribution in [3.8, 4) is 0 Å². The van der Waals surface area contributed by atoms with E-state index in [-0.39, 0.29) is 10.8 Å². The van der Waals surface area contributed by atoms with Crippen molar-refractivity contribution in [1.29, 1.82) is 0 Å². The van der Waals surface area contributed by atoms with Crippen LogP contribution in [-0.4, -0.2) is 65.8 Å². The number of hydrogen-bond acceptors (Lipinski definition) is 5. The third kappa shape index (κ3) is 3.55. The Labute approximate surface area is 145 Å². The average Bonchev–Trinajstić information content (AvgIpc) is 3.05. The van der Waals surface area contributed by atoms with Crippen LogP contribution >= 0.6 is 23.5 Å². The summed E-state index contributed by atoms with van der Waals surface area (Å²) in [6, 6.07) is 6.30. The first-order chi connectivity index (χ1) is 11.0. The fourth-order valence-electron chi connectivity index (χ4n) is 2.76. The zero-order valence-electron chi connectivity index (χ0n) is 13.0. The Morgan fingerprint density at radius 2 is 1.96 bits per heavy atom. The number of hydrogen-bond donors (Lipinski definition) is 0. The monoisotopic (exact) mass is 372 g/mol. The summed E-state index contributed by atoms with van der Waals surface area (Å²) in [7, 11) is -3.63. The lowest BCUT2D eigenvalue weighted by atomic mass is 10.2. The van der Waals surface area contributed by atoms with Crippen LogP contribution < -0.4 is 0 Å². The van der Waals surface area contributed by atoms with Gasteiger partial charge in [0.05, 0.1) is 10.8 Å². The highest BCUT2D eigenvalue weighted by atomic mass is 32.2. The summed E-state index contributed by atoms with van der Waals surface area (Å²) >= 11 is 3.33. The van der Waals surface area contributed by atoms with Gasteiger partial charge in [0.25, 0.3) is 0 Å². The second kappa shape index (κ2) is 7.04. The molecule has 2 heterocycles. The van der Waals surface area contributed by atoms with Gasteiger partial charge in [-0.05, 0) is 24.6 Å². The van der Waals surface area contributed by atoms with Gasteiger partial charge in [-0.25, -0.2) is 8.42 Å². The predicted octanol–water partition coefficient (Wildman–Crippen LogP) is 1.63. The molecular formula is C15H20N2O3S3. The van der Waals surface area contributed by atoms with Crippen LogP contribution in [0.2, 0.25) is 0 Å². The van der Waals surface area contributed by atoms with Crippen molar-refractivity contribution in [3.63, 3.8) is 0 Å². The minimum atomic E-state index is -3.63. The first kappa shape index (κ1) is 17.1. The average molecular weight is 373 g/mol. The molecule has 0 aromatic heterocycles. The second-order valence-corrected chi connectivity index (χ2v) is 9.78. The van der Waals surface area contributed by atoms with Crippen molar-refractivity contribution in [1.82, 2.24) is 9.21 Å². The van der Waals surface area contributed by atoms with Crippen LogP contribution in [0.3, 0.4) is 0 Å². The van der Waals surface area contributed by atoms with Crippen LogP contribution in [0.4, 0.5) is 0 Å². The summed E-state index contributed by atoms with van der Waals surface area (Å²) in [5, 5.41) is 0. The Kier molecular flexibility index (Phi) is 5.25. The largest absolute Gasteiger partial charge is 0.340 e. The smallest absolute Gasteiger partial charge is 0.244 e. The van der Waals surface area contributed by atoms with Crippen molar-refractivity contribution in [2.75, 3.05) is 36.2 Å². The molecule has 2 aliphatic heterocycles. The molecule has 0 saturated carbocycles. The molecule has 126 valence electrons. The molecule has 1 aromatic carbocycles. The fraction of sp³-hybridized carbons (Fsp3) is 0.533. The summed E-state index contributed by atoms with van der Waals surface area (Å²) in [5.74, 6) is 2.68. The van der Waals surface area contributed by atoms with Crippen LogP contribution in [0.1, 0.15) is 5.56 Å². The minimum Gasteiger partial charge on any atom is -0.340 e. The number of benzene rings is 1. The zero-order valence-corrected chi connectivity index (χ0v) is 15.4. The van der Waals surface area contributed by atoms with E-state index in [1.54, 1.807) is 18.2 Å². The Bertz CT molecular complexity index is 687. The van der Waals surface area contributed by atoms with Crippen LogP contribution in [0, 0.1) is 6.92 Å². The number of amides is 1. The molecule has 1 unspecified atom stereocenters. The summed E-state index contributed by atoms with van der Waals surface area (Å²) in [6.45, 7) is 3.29. The van der Waals surface area contributed by atoms with E-state index in [2.05, 4.69) is 0 Å². The van der Waals surface area contributed by atoms with Crippen molar-refractivity contribution >= 4 is 39.5 Å². The zero-order chi connectivity index (χ0) is 16.4. The van der Waals surface area contributed by atoms with Gasteiger partial charge < -0.3 is 4.90 Å². The van der Waals surface area contributed by atoms with Crippen molar-refractivity contribution < 1.29 is 13.2 Å². The van der Waals surface area contributed by atoms with E-state index in [1.807, 2.05) is 29.7 Å².